The first-order chi connectivity index (χ1) is 3.66. The Hall–Kier alpha value is -0.120. The molecule has 0 radical (unpaired) electrons. The van der Waals surface area contributed by atoms with E-state index < -0.39 is 6.10 Å². The minimum atomic E-state index is -0.405. The van der Waals surface area contributed by atoms with E-state index in [9.17, 15) is 0 Å². The third kappa shape index (κ3) is 4.05. The molecule has 50 valence electrons. The minimum Gasteiger partial charge on any atom is -0.395 e. The van der Waals surface area contributed by atoms with E-state index in [1.165, 1.54) is 0 Å². The predicted molar refractivity (Wildman–Crippen MR) is 31.4 cm³/mol. The van der Waals surface area contributed by atoms with Crippen molar-refractivity contribution < 1.29 is 10.2 Å². The lowest BCUT2D eigenvalue weighted by molar-refractivity contribution is 0.154. The monoisotopic (exact) mass is 119 g/mol. The van der Waals surface area contributed by atoms with Crippen molar-refractivity contribution in [3.8, 4) is 0 Å². The zero-order valence-electron chi connectivity index (χ0n) is 5.04. The largest absolute Gasteiger partial charge is 0.395 e. The van der Waals surface area contributed by atoms with E-state index in [1.54, 1.807) is 6.92 Å². The van der Waals surface area contributed by atoms with Gasteiger partial charge in [-0.1, -0.05) is 0 Å². The lowest BCUT2D eigenvalue weighted by Crippen LogP contribution is -2.28. The average Bonchev–Trinajstić information content (AvgIpc) is 1.65. The Morgan fingerprint density at radius 2 is 2.12 bits per heavy atom. The summed E-state index contributed by atoms with van der Waals surface area (Å²) in [5.74, 6) is 0. The van der Waals surface area contributed by atoms with Crippen LogP contribution in [0.5, 0.6) is 0 Å². The van der Waals surface area contributed by atoms with E-state index in [1.807, 2.05) is 0 Å². The molecule has 0 saturated heterocycles. The van der Waals surface area contributed by atoms with Crippen molar-refractivity contribution in [3.63, 3.8) is 0 Å². The Labute approximate surface area is 49.1 Å². The lowest BCUT2D eigenvalue weighted by atomic mass is 10.2. The molecule has 0 aromatic rings. The summed E-state index contributed by atoms with van der Waals surface area (Å²) in [6.07, 6.45) is 0.0633. The van der Waals surface area contributed by atoms with Crippen molar-refractivity contribution in [2.45, 2.75) is 25.5 Å². The van der Waals surface area contributed by atoms with Crippen LogP contribution in [0.25, 0.3) is 0 Å². The van der Waals surface area contributed by atoms with Crippen molar-refractivity contribution in [3.05, 3.63) is 0 Å². The summed E-state index contributed by atoms with van der Waals surface area (Å²) in [7, 11) is 0. The van der Waals surface area contributed by atoms with Gasteiger partial charge in [0.15, 0.2) is 0 Å². The van der Waals surface area contributed by atoms with E-state index in [2.05, 4.69) is 0 Å². The smallest absolute Gasteiger partial charge is 0.0583 e. The van der Waals surface area contributed by atoms with Gasteiger partial charge in [0.25, 0.3) is 0 Å². The second-order valence-corrected chi connectivity index (χ2v) is 2.03. The maximum atomic E-state index is 8.66. The van der Waals surface area contributed by atoms with Crippen LogP contribution >= 0.6 is 0 Å². The highest BCUT2D eigenvalue weighted by Gasteiger charge is 2.02. The first-order valence-corrected chi connectivity index (χ1v) is 2.71. The Morgan fingerprint density at radius 1 is 1.62 bits per heavy atom. The minimum absolute atomic E-state index is 0.0507. The van der Waals surface area contributed by atoms with Gasteiger partial charge in [0.05, 0.1) is 12.7 Å². The second-order valence-electron chi connectivity index (χ2n) is 2.03. The van der Waals surface area contributed by atoms with Gasteiger partial charge in [0.2, 0.25) is 0 Å². The van der Waals surface area contributed by atoms with Gasteiger partial charge >= 0.3 is 0 Å². The van der Waals surface area contributed by atoms with E-state index >= 15 is 0 Å². The molecule has 0 saturated carbocycles. The summed E-state index contributed by atoms with van der Waals surface area (Å²) in [5, 5.41) is 17.0. The number of aliphatic hydroxyl groups is 2. The van der Waals surface area contributed by atoms with Crippen molar-refractivity contribution in [1.82, 2.24) is 0 Å². The molecular weight excluding hydrogens is 106 g/mol. The molecule has 0 aromatic carbocycles. The van der Waals surface area contributed by atoms with Gasteiger partial charge in [-0.2, -0.15) is 0 Å². The molecule has 0 aliphatic carbocycles. The zero-order chi connectivity index (χ0) is 6.57. The van der Waals surface area contributed by atoms with Gasteiger partial charge in [-0.15, -0.1) is 0 Å². The Balaban J connectivity index is 3.10. The van der Waals surface area contributed by atoms with Crippen LogP contribution in [0.4, 0.5) is 0 Å². The van der Waals surface area contributed by atoms with Gasteiger partial charge in [-0.05, 0) is 13.3 Å². The first-order valence-electron chi connectivity index (χ1n) is 2.71. The molecule has 2 unspecified atom stereocenters. The predicted octanol–water partition coefficient (Wildman–Crippen LogP) is -0.923. The van der Waals surface area contributed by atoms with Crippen molar-refractivity contribution in [2.24, 2.45) is 5.73 Å². The molecular formula is C5H13NO2. The van der Waals surface area contributed by atoms with Gasteiger partial charge in [0.1, 0.15) is 0 Å². The molecule has 8 heavy (non-hydrogen) atoms. The molecule has 0 bridgehead atoms. The van der Waals surface area contributed by atoms with Crippen LogP contribution in [0.1, 0.15) is 13.3 Å². The Kier molecular flexibility index (Phi) is 3.77. The Bertz CT molecular complexity index is 56.4. The maximum Gasteiger partial charge on any atom is 0.0583 e. The van der Waals surface area contributed by atoms with Crippen LogP contribution in [-0.2, 0) is 0 Å². The molecule has 4 N–H and O–H groups in total. The fraction of sp³-hybridized carbons (Fsp3) is 1.00. The van der Waals surface area contributed by atoms with Gasteiger partial charge in [-0.3, -0.25) is 0 Å². The quantitative estimate of drug-likeness (QED) is 0.450. The van der Waals surface area contributed by atoms with E-state index in [0.29, 0.717) is 6.42 Å². The summed E-state index contributed by atoms with van der Waals surface area (Å²) >= 11 is 0. The number of rotatable bonds is 3. The standard InChI is InChI=1S/C5H13NO2/c1-4(8)2-5(6)3-7/h4-5,7-8H,2-3,6H2,1H3. The van der Waals surface area contributed by atoms with Crippen LogP contribution in [0.15, 0.2) is 0 Å². The van der Waals surface area contributed by atoms with Gasteiger partial charge in [-0.25, -0.2) is 0 Å². The number of nitrogens with two attached hydrogens (primary N) is 1. The number of hydrogen-bond acceptors (Lipinski definition) is 3. The summed E-state index contributed by atoms with van der Waals surface area (Å²) in [6, 6.07) is -0.269. The van der Waals surface area contributed by atoms with Crippen LogP contribution in [0.2, 0.25) is 0 Å². The van der Waals surface area contributed by atoms with Crippen LogP contribution in [0, 0.1) is 0 Å². The van der Waals surface area contributed by atoms with Crippen LogP contribution in [-0.4, -0.2) is 29.0 Å². The molecule has 0 aliphatic rings. The number of hydrogen-bond donors (Lipinski definition) is 3. The summed E-state index contributed by atoms with van der Waals surface area (Å²) in [4.78, 5) is 0. The summed E-state index contributed by atoms with van der Waals surface area (Å²) in [5.41, 5.74) is 5.26. The SMILES string of the molecule is CC(O)CC(N)CO. The molecule has 3 heteroatoms. The van der Waals surface area contributed by atoms with Crippen molar-refractivity contribution in [2.75, 3.05) is 6.61 Å². The highest BCUT2D eigenvalue weighted by atomic mass is 16.3. The molecule has 0 spiro atoms. The van der Waals surface area contributed by atoms with Crippen LogP contribution < -0.4 is 5.73 Å². The highest BCUT2D eigenvalue weighted by molar-refractivity contribution is 4.61. The zero-order valence-corrected chi connectivity index (χ0v) is 5.04. The van der Waals surface area contributed by atoms with E-state index in [0.717, 1.165) is 0 Å². The van der Waals surface area contributed by atoms with Crippen molar-refractivity contribution in [1.29, 1.82) is 0 Å². The fourth-order valence-corrected chi connectivity index (χ4v) is 0.513. The summed E-state index contributed by atoms with van der Waals surface area (Å²) in [6.45, 7) is 1.60. The summed E-state index contributed by atoms with van der Waals surface area (Å²) < 4.78 is 0. The third-order valence-corrected chi connectivity index (χ3v) is 0.878. The highest BCUT2D eigenvalue weighted by Crippen LogP contribution is 1.91. The topological polar surface area (TPSA) is 66.5 Å². The lowest BCUT2D eigenvalue weighted by Gasteiger charge is -2.08. The molecule has 0 heterocycles. The van der Waals surface area contributed by atoms with Crippen molar-refractivity contribution >= 4 is 0 Å². The molecule has 3 nitrogen and oxygen atoms in total. The molecule has 0 amide bonds. The van der Waals surface area contributed by atoms with Gasteiger partial charge in [0, 0.05) is 6.04 Å². The average molecular weight is 119 g/mol. The molecule has 0 fully saturated rings. The number of aliphatic hydroxyl groups excluding tert-OH is 2. The van der Waals surface area contributed by atoms with Crippen LogP contribution in [0.3, 0.4) is 0 Å². The molecule has 0 aliphatic heterocycles. The van der Waals surface area contributed by atoms with E-state index in [4.69, 9.17) is 15.9 Å². The second kappa shape index (κ2) is 3.83. The third-order valence-electron chi connectivity index (χ3n) is 0.878. The first kappa shape index (κ1) is 7.88. The molecule has 0 rings (SSSR count). The Morgan fingerprint density at radius 3 is 2.25 bits per heavy atom. The van der Waals surface area contributed by atoms with E-state index in [-0.39, 0.29) is 12.6 Å². The normalized spacial score (nSPS) is 18.0. The maximum absolute atomic E-state index is 8.66. The fourth-order valence-electron chi connectivity index (χ4n) is 0.513. The molecule has 2 atom stereocenters. The molecule has 0 aromatic heterocycles. The van der Waals surface area contributed by atoms with Gasteiger partial charge < -0.3 is 15.9 Å².